The highest BCUT2D eigenvalue weighted by Crippen LogP contribution is 2.19. The summed E-state index contributed by atoms with van der Waals surface area (Å²) in [7, 11) is 0. The number of carbonyl (C=O) groups excluding carboxylic acids is 2. The van der Waals surface area contributed by atoms with Crippen LogP contribution in [0.25, 0.3) is 0 Å². The third-order valence-corrected chi connectivity index (χ3v) is 5.92. The average Bonchev–Trinajstić information content (AvgIpc) is 3.29. The molecule has 2 fully saturated rings. The van der Waals surface area contributed by atoms with Crippen LogP contribution in [-0.4, -0.2) is 60.5 Å². The fraction of sp³-hybridized carbons (Fsp3) is 0.667. The number of piperidine rings is 1. The Morgan fingerprint density at radius 3 is 2.72 bits per heavy atom. The molecule has 2 saturated heterocycles. The van der Waals surface area contributed by atoms with E-state index in [1.807, 2.05) is 11.0 Å². The van der Waals surface area contributed by atoms with Crippen molar-refractivity contribution < 1.29 is 14.3 Å². The first-order valence-corrected chi connectivity index (χ1v) is 9.93. The molecule has 0 radical (unpaired) electrons. The second-order valence-electron chi connectivity index (χ2n) is 6.94. The van der Waals surface area contributed by atoms with E-state index in [-0.39, 0.29) is 23.8 Å². The van der Waals surface area contributed by atoms with E-state index in [0.717, 1.165) is 32.5 Å². The molecule has 0 spiro atoms. The van der Waals surface area contributed by atoms with Gasteiger partial charge in [0.15, 0.2) is 0 Å². The molecule has 25 heavy (non-hydrogen) atoms. The molecule has 138 valence electrons. The van der Waals surface area contributed by atoms with E-state index >= 15 is 0 Å². The Morgan fingerprint density at radius 1 is 1.32 bits per heavy atom. The van der Waals surface area contributed by atoms with Crippen LogP contribution in [0.4, 0.5) is 0 Å². The van der Waals surface area contributed by atoms with Crippen LogP contribution in [0.2, 0.25) is 0 Å². The molecule has 0 unspecified atom stereocenters. The fourth-order valence-electron chi connectivity index (χ4n) is 3.59. The maximum atomic E-state index is 12.7. The van der Waals surface area contributed by atoms with Gasteiger partial charge in [0.05, 0.1) is 12.6 Å². The third kappa shape index (κ3) is 5.26. The molecule has 2 aliphatic rings. The molecule has 2 amide bonds. The van der Waals surface area contributed by atoms with E-state index in [1.165, 1.54) is 4.88 Å². The summed E-state index contributed by atoms with van der Waals surface area (Å²) in [4.78, 5) is 29.3. The van der Waals surface area contributed by atoms with Gasteiger partial charge in [-0.15, -0.1) is 11.3 Å². The smallest absolute Gasteiger partial charge is 0.236 e. The van der Waals surface area contributed by atoms with E-state index in [2.05, 4.69) is 16.3 Å². The molecule has 0 aromatic carbocycles. The number of ether oxygens (including phenoxy) is 1. The molecule has 1 atom stereocenters. The first-order chi connectivity index (χ1) is 12.1. The average molecular weight is 365 g/mol. The number of hydrogen-bond acceptors (Lipinski definition) is 5. The monoisotopic (exact) mass is 365 g/mol. The van der Waals surface area contributed by atoms with Crippen LogP contribution in [0, 0.1) is 5.92 Å². The van der Waals surface area contributed by atoms with Crippen molar-refractivity contribution in [1.29, 1.82) is 0 Å². The summed E-state index contributed by atoms with van der Waals surface area (Å²) in [5, 5.41) is 2.07. The normalized spacial score (nSPS) is 21.8. The Labute approximate surface area is 152 Å². The fourth-order valence-corrected chi connectivity index (χ4v) is 4.34. The van der Waals surface area contributed by atoms with Gasteiger partial charge in [-0.05, 0) is 37.1 Å². The molecule has 1 aromatic rings. The highest BCUT2D eigenvalue weighted by atomic mass is 32.1. The van der Waals surface area contributed by atoms with Crippen LogP contribution in [-0.2, 0) is 20.9 Å². The molecular formula is C18H27N3O3S. The van der Waals surface area contributed by atoms with Crippen LogP contribution in [0.3, 0.4) is 0 Å². The van der Waals surface area contributed by atoms with Crippen molar-refractivity contribution in [3.63, 3.8) is 0 Å². The van der Waals surface area contributed by atoms with Gasteiger partial charge in [0.2, 0.25) is 11.8 Å². The first kappa shape index (κ1) is 18.4. The summed E-state index contributed by atoms with van der Waals surface area (Å²) in [5.74, 6) is -0.194. The lowest BCUT2D eigenvalue weighted by atomic mass is 9.96. The number of primary amides is 1. The SMILES string of the molecule is NC(=O)C1CCN(C(=O)CN(Cc2cccs2)C[C@@H]2CCCO2)CC1. The van der Waals surface area contributed by atoms with E-state index in [9.17, 15) is 9.59 Å². The highest BCUT2D eigenvalue weighted by Gasteiger charge is 2.28. The Hall–Kier alpha value is -1.44. The van der Waals surface area contributed by atoms with Crippen molar-refractivity contribution in [2.45, 2.75) is 38.3 Å². The number of rotatable bonds is 7. The minimum absolute atomic E-state index is 0.0850. The topological polar surface area (TPSA) is 75.9 Å². The van der Waals surface area contributed by atoms with Gasteiger partial charge in [-0.25, -0.2) is 0 Å². The van der Waals surface area contributed by atoms with Crippen LogP contribution in [0.15, 0.2) is 17.5 Å². The molecule has 0 aliphatic carbocycles. The van der Waals surface area contributed by atoms with Crippen molar-refractivity contribution in [2.75, 3.05) is 32.8 Å². The van der Waals surface area contributed by atoms with Crippen molar-refractivity contribution >= 4 is 23.2 Å². The molecule has 1 aromatic heterocycles. The van der Waals surface area contributed by atoms with Gasteiger partial charge in [-0.1, -0.05) is 6.07 Å². The van der Waals surface area contributed by atoms with E-state index < -0.39 is 0 Å². The van der Waals surface area contributed by atoms with Crippen LogP contribution in [0.1, 0.15) is 30.6 Å². The van der Waals surface area contributed by atoms with Crippen LogP contribution in [0.5, 0.6) is 0 Å². The van der Waals surface area contributed by atoms with E-state index in [1.54, 1.807) is 11.3 Å². The Kier molecular flexibility index (Phi) is 6.45. The van der Waals surface area contributed by atoms with Gasteiger partial charge >= 0.3 is 0 Å². The minimum Gasteiger partial charge on any atom is -0.377 e. The van der Waals surface area contributed by atoms with Crippen LogP contribution >= 0.6 is 11.3 Å². The number of hydrogen-bond donors (Lipinski definition) is 1. The largest absolute Gasteiger partial charge is 0.377 e. The molecule has 3 heterocycles. The molecule has 2 N–H and O–H groups in total. The zero-order valence-corrected chi connectivity index (χ0v) is 15.4. The third-order valence-electron chi connectivity index (χ3n) is 5.05. The van der Waals surface area contributed by atoms with Crippen molar-refractivity contribution in [3.8, 4) is 0 Å². The van der Waals surface area contributed by atoms with Gasteiger partial charge in [-0.2, -0.15) is 0 Å². The van der Waals surface area contributed by atoms with Gasteiger partial charge in [0.1, 0.15) is 0 Å². The maximum absolute atomic E-state index is 12.7. The van der Waals surface area contributed by atoms with Crippen molar-refractivity contribution in [3.05, 3.63) is 22.4 Å². The van der Waals surface area contributed by atoms with E-state index in [4.69, 9.17) is 10.5 Å². The predicted molar refractivity (Wildman–Crippen MR) is 97.1 cm³/mol. The molecule has 6 nitrogen and oxygen atoms in total. The summed E-state index contributed by atoms with van der Waals surface area (Å²) in [6.45, 7) is 4.05. The standard InChI is InChI=1S/C18H27N3O3S/c19-18(23)14-5-7-21(8-6-14)17(22)13-20(11-15-3-1-9-24-15)12-16-4-2-10-25-16/h2,4,10,14-15H,1,3,5-9,11-13H2,(H2,19,23)/t15-/m0/s1. The lowest BCUT2D eigenvalue weighted by Crippen LogP contribution is -2.46. The Bertz CT molecular complexity index is 564. The van der Waals surface area contributed by atoms with Gasteiger partial charge in [0.25, 0.3) is 0 Å². The summed E-state index contributed by atoms with van der Waals surface area (Å²) in [6, 6.07) is 4.15. The van der Waals surface area contributed by atoms with Crippen LogP contribution < -0.4 is 5.73 Å². The van der Waals surface area contributed by atoms with Gasteiger partial charge < -0.3 is 15.4 Å². The molecular weight excluding hydrogens is 338 g/mol. The first-order valence-electron chi connectivity index (χ1n) is 9.05. The Morgan fingerprint density at radius 2 is 2.12 bits per heavy atom. The predicted octanol–water partition coefficient (Wildman–Crippen LogP) is 1.45. The summed E-state index contributed by atoms with van der Waals surface area (Å²) in [5.41, 5.74) is 5.37. The van der Waals surface area contributed by atoms with Crippen molar-refractivity contribution in [1.82, 2.24) is 9.80 Å². The summed E-state index contributed by atoms with van der Waals surface area (Å²) in [6.07, 6.45) is 3.76. The van der Waals surface area contributed by atoms with Gasteiger partial charge in [0, 0.05) is 43.6 Å². The quantitative estimate of drug-likeness (QED) is 0.794. The molecule has 0 saturated carbocycles. The number of nitrogens with two attached hydrogens (primary N) is 1. The number of amides is 2. The lowest BCUT2D eigenvalue weighted by Gasteiger charge is -2.33. The molecule has 0 bridgehead atoms. The maximum Gasteiger partial charge on any atom is 0.236 e. The number of likely N-dealkylation sites (tertiary alicyclic amines) is 1. The number of nitrogens with zero attached hydrogens (tertiary/aromatic N) is 2. The van der Waals surface area contributed by atoms with Crippen molar-refractivity contribution in [2.24, 2.45) is 11.7 Å². The molecule has 3 rings (SSSR count). The number of thiophene rings is 1. The lowest BCUT2D eigenvalue weighted by molar-refractivity contribution is -0.136. The molecule has 7 heteroatoms. The minimum atomic E-state index is -0.246. The zero-order chi connectivity index (χ0) is 17.6. The second kappa shape index (κ2) is 8.78. The second-order valence-corrected chi connectivity index (χ2v) is 7.97. The summed E-state index contributed by atoms with van der Waals surface area (Å²) < 4.78 is 5.76. The van der Waals surface area contributed by atoms with E-state index in [0.29, 0.717) is 32.5 Å². The Balaban J connectivity index is 1.55. The summed E-state index contributed by atoms with van der Waals surface area (Å²) >= 11 is 1.72. The number of carbonyl (C=O) groups is 2. The molecule has 2 aliphatic heterocycles. The zero-order valence-electron chi connectivity index (χ0n) is 14.6. The highest BCUT2D eigenvalue weighted by molar-refractivity contribution is 7.09. The van der Waals surface area contributed by atoms with Gasteiger partial charge in [-0.3, -0.25) is 14.5 Å².